The van der Waals surface area contributed by atoms with Gasteiger partial charge in [-0.05, 0) is 25.0 Å². The molecule has 1 saturated heterocycles. The van der Waals surface area contributed by atoms with E-state index in [1.165, 1.54) is 4.90 Å². The summed E-state index contributed by atoms with van der Waals surface area (Å²) >= 11 is 1.84. The molecule has 0 aromatic heterocycles. The zero-order chi connectivity index (χ0) is 12.6. The normalized spacial score (nSPS) is 16.7. The van der Waals surface area contributed by atoms with Crippen molar-refractivity contribution in [3.05, 3.63) is 24.3 Å². The van der Waals surface area contributed by atoms with E-state index in [2.05, 4.69) is 17.4 Å². The highest BCUT2D eigenvalue weighted by Crippen LogP contribution is 2.28. The van der Waals surface area contributed by atoms with Gasteiger partial charge >= 0.3 is 0 Å². The molecule has 18 heavy (non-hydrogen) atoms. The van der Waals surface area contributed by atoms with E-state index < -0.39 is 0 Å². The van der Waals surface area contributed by atoms with E-state index in [1.807, 2.05) is 23.9 Å². The molecule has 0 radical (unpaired) electrons. The molecule has 4 heteroatoms. The molecule has 1 heterocycles. The van der Waals surface area contributed by atoms with E-state index in [0.29, 0.717) is 6.04 Å². The van der Waals surface area contributed by atoms with Crippen LogP contribution in [0.5, 0.6) is 5.75 Å². The molecule has 0 spiro atoms. The first-order valence-corrected chi connectivity index (χ1v) is 7.45. The zero-order valence-electron chi connectivity index (χ0n) is 10.9. The van der Waals surface area contributed by atoms with Gasteiger partial charge in [0, 0.05) is 36.4 Å². The zero-order valence-corrected chi connectivity index (χ0v) is 11.7. The van der Waals surface area contributed by atoms with Gasteiger partial charge in [-0.1, -0.05) is 12.1 Å². The van der Waals surface area contributed by atoms with Crippen LogP contribution in [0.2, 0.25) is 0 Å². The van der Waals surface area contributed by atoms with Crippen molar-refractivity contribution in [2.24, 2.45) is 0 Å². The van der Waals surface area contributed by atoms with Gasteiger partial charge in [0.15, 0.2) is 0 Å². The lowest BCUT2D eigenvalue weighted by molar-refractivity contribution is 0.0786. The number of hydrogen-bond donors (Lipinski definition) is 1. The van der Waals surface area contributed by atoms with Crippen molar-refractivity contribution in [3.8, 4) is 5.75 Å². The fraction of sp³-hybridized carbons (Fsp3) is 0.571. The van der Waals surface area contributed by atoms with Crippen molar-refractivity contribution in [1.82, 2.24) is 5.32 Å². The molecule has 1 aliphatic rings. The topological polar surface area (TPSA) is 30.5 Å². The van der Waals surface area contributed by atoms with Crippen molar-refractivity contribution in [2.75, 3.05) is 32.6 Å². The van der Waals surface area contributed by atoms with Gasteiger partial charge in [-0.15, -0.1) is 11.8 Å². The van der Waals surface area contributed by atoms with Gasteiger partial charge in [-0.2, -0.15) is 0 Å². The Bertz CT molecular complexity index is 353. The largest absolute Gasteiger partial charge is 0.496 e. The summed E-state index contributed by atoms with van der Waals surface area (Å²) in [6.45, 7) is 2.84. The number of para-hydroxylation sites is 1. The van der Waals surface area contributed by atoms with Crippen LogP contribution in [-0.4, -0.2) is 38.7 Å². The van der Waals surface area contributed by atoms with E-state index in [9.17, 15) is 0 Å². The van der Waals surface area contributed by atoms with Crippen molar-refractivity contribution < 1.29 is 9.47 Å². The molecule has 0 unspecified atom stereocenters. The maximum Gasteiger partial charge on any atom is 0.132 e. The first-order valence-electron chi connectivity index (χ1n) is 6.47. The van der Waals surface area contributed by atoms with Gasteiger partial charge in [0.05, 0.1) is 7.11 Å². The first-order chi connectivity index (χ1) is 8.90. The summed E-state index contributed by atoms with van der Waals surface area (Å²) in [5, 5.41) is 3.59. The van der Waals surface area contributed by atoms with Gasteiger partial charge in [-0.25, -0.2) is 0 Å². The highest BCUT2D eigenvalue weighted by atomic mass is 32.2. The maximum absolute atomic E-state index is 5.34. The molecule has 1 aromatic rings. The average Bonchev–Trinajstić information content (AvgIpc) is 2.45. The molecule has 1 fully saturated rings. The second kappa shape index (κ2) is 7.67. The molecule has 2 rings (SSSR count). The quantitative estimate of drug-likeness (QED) is 0.634. The van der Waals surface area contributed by atoms with E-state index in [-0.39, 0.29) is 0 Å². The van der Waals surface area contributed by atoms with Gasteiger partial charge in [0.25, 0.3) is 0 Å². The standard InChI is InChI=1S/C14H21NO2S/c1-16-13-4-2-3-5-14(13)18-11-8-15-12-6-9-17-10-7-12/h2-5,12,15H,6-11H2,1H3. The van der Waals surface area contributed by atoms with Crippen LogP contribution in [0.25, 0.3) is 0 Å². The second-order valence-electron chi connectivity index (χ2n) is 4.34. The molecule has 1 aliphatic heterocycles. The third kappa shape index (κ3) is 4.19. The van der Waals surface area contributed by atoms with Crippen molar-refractivity contribution in [1.29, 1.82) is 0 Å². The SMILES string of the molecule is COc1ccccc1SCCNC1CCOCC1. The van der Waals surface area contributed by atoms with E-state index in [4.69, 9.17) is 9.47 Å². The van der Waals surface area contributed by atoms with Crippen LogP contribution in [-0.2, 0) is 4.74 Å². The number of thioether (sulfide) groups is 1. The fourth-order valence-corrected chi connectivity index (χ4v) is 2.97. The molecule has 0 saturated carbocycles. The molecule has 0 amide bonds. The van der Waals surface area contributed by atoms with E-state index >= 15 is 0 Å². The van der Waals surface area contributed by atoms with Gasteiger partial charge in [-0.3, -0.25) is 0 Å². The van der Waals surface area contributed by atoms with Gasteiger partial charge in [0.2, 0.25) is 0 Å². The predicted octanol–water partition coefficient (Wildman–Crippen LogP) is 2.56. The smallest absolute Gasteiger partial charge is 0.132 e. The van der Waals surface area contributed by atoms with Crippen LogP contribution in [0.15, 0.2) is 29.2 Å². The van der Waals surface area contributed by atoms with Crippen LogP contribution in [0.3, 0.4) is 0 Å². The summed E-state index contributed by atoms with van der Waals surface area (Å²) in [7, 11) is 1.72. The third-order valence-electron chi connectivity index (χ3n) is 3.08. The average molecular weight is 267 g/mol. The fourth-order valence-electron chi connectivity index (χ4n) is 2.06. The molecule has 1 N–H and O–H groups in total. The number of ether oxygens (including phenoxy) is 2. The minimum atomic E-state index is 0.636. The number of nitrogens with one attached hydrogen (secondary N) is 1. The predicted molar refractivity (Wildman–Crippen MR) is 75.6 cm³/mol. The lowest BCUT2D eigenvalue weighted by atomic mass is 10.1. The molecule has 0 atom stereocenters. The van der Waals surface area contributed by atoms with Crippen LogP contribution in [0.4, 0.5) is 0 Å². The summed E-state index contributed by atoms with van der Waals surface area (Å²) in [6, 6.07) is 8.81. The molecule has 3 nitrogen and oxygen atoms in total. The highest BCUT2D eigenvalue weighted by molar-refractivity contribution is 7.99. The second-order valence-corrected chi connectivity index (χ2v) is 5.48. The minimum Gasteiger partial charge on any atom is -0.496 e. The number of methoxy groups -OCH3 is 1. The van der Waals surface area contributed by atoms with Gasteiger partial charge in [0.1, 0.15) is 5.75 Å². The van der Waals surface area contributed by atoms with Gasteiger partial charge < -0.3 is 14.8 Å². The minimum absolute atomic E-state index is 0.636. The van der Waals surface area contributed by atoms with Crippen molar-refractivity contribution in [3.63, 3.8) is 0 Å². The molecular formula is C14H21NO2S. The Morgan fingerprint density at radius 2 is 2.11 bits per heavy atom. The van der Waals surface area contributed by atoms with Crippen molar-refractivity contribution >= 4 is 11.8 Å². The van der Waals surface area contributed by atoms with E-state index in [1.54, 1.807) is 7.11 Å². The summed E-state index contributed by atoms with van der Waals surface area (Å²) in [6.07, 6.45) is 2.28. The number of rotatable bonds is 6. The Morgan fingerprint density at radius 3 is 2.89 bits per heavy atom. The van der Waals surface area contributed by atoms with E-state index in [0.717, 1.165) is 44.1 Å². The highest BCUT2D eigenvalue weighted by Gasteiger charge is 2.12. The summed E-state index contributed by atoms with van der Waals surface area (Å²) < 4.78 is 10.7. The number of hydrogen-bond acceptors (Lipinski definition) is 4. The lowest BCUT2D eigenvalue weighted by Crippen LogP contribution is -2.35. The Labute approximate surface area is 113 Å². The molecular weight excluding hydrogens is 246 g/mol. The van der Waals surface area contributed by atoms with Crippen LogP contribution in [0, 0.1) is 0 Å². The van der Waals surface area contributed by atoms with Crippen LogP contribution >= 0.6 is 11.8 Å². The molecule has 0 aliphatic carbocycles. The third-order valence-corrected chi connectivity index (χ3v) is 4.14. The summed E-state index contributed by atoms with van der Waals surface area (Å²) in [4.78, 5) is 1.22. The molecule has 100 valence electrons. The van der Waals surface area contributed by atoms with Crippen LogP contribution in [0.1, 0.15) is 12.8 Å². The Morgan fingerprint density at radius 1 is 1.33 bits per heavy atom. The maximum atomic E-state index is 5.34. The first kappa shape index (κ1) is 13.7. The summed E-state index contributed by atoms with van der Waals surface area (Å²) in [5.74, 6) is 2.03. The lowest BCUT2D eigenvalue weighted by Gasteiger charge is -2.23. The summed E-state index contributed by atoms with van der Waals surface area (Å²) in [5.41, 5.74) is 0. The monoisotopic (exact) mass is 267 g/mol. The Kier molecular flexibility index (Phi) is 5.84. The number of benzene rings is 1. The van der Waals surface area contributed by atoms with Crippen molar-refractivity contribution in [2.45, 2.75) is 23.8 Å². The molecule has 1 aromatic carbocycles. The Hall–Kier alpha value is -0.710. The Balaban J connectivity index is 1.68. The van der Waals surface area contributed by atoms with Crippen LogP contribution < -0.4 is 10.1 Å². The molecule has 0 bridgehead atoms.